The van der Waals surface area contributed by atoms with Crippen molar-refractivity contribution in [1.82, 2.24) is 0 Å². The Balaban J connectivity index is 1.86. The van der Waals surface area contributed by atoms with E-state index < -0.39 is 0 Å². The van der Waals surface area contributed by atoms with Gasteiger partial charge in [0, 0.05) is 26.9 Å². The normalized spacial score (nSPS) is 14.9. The van der Waals surface area contributed by atoms with Crippen LogP contribution >= 0.6 is 15.9 Å². The molecule has 0 atom stereocenters. The summed E-state index contributed by atoms with van der Waals surface area (Å²) in [5.41, 5.74) is 10.6. The maximum Gasteiger partial charge on any atom is 0.0465 e. The maximum absolute atomic E-state index is 4.13. The summed E-state index contributed by atoms with van der Waals surface area (Å²) in [7, 11) is 0. The molecular formula is C35H34BrN. The van der Waals surface area contributed by atoms with Gasteiger partial charge in [-0.3, -0.25) is 0 Å². The van der Waals surface area contributed by atoms with Crippen molar-refractivity contribution < 1.29 is 0 Å². The van der Waals surface area contributed by atoms with Crippen LogP contribution in [0.4, 0.5) is 17.1 Å². The fourth-order valence-corrected chi connectivity index (χ4v) is 5.39. The molecule has 0 saturated heterocycles. The lowest BCUT2D eigenvalue weighted by molar-refractivity contribution is 0.654. The molecule has 37 heavy (non-hydrogen) atoms. The largest absolute Gasteiger partial charge is 0.310 e. The standard InChI is InChI=1S/C35H34BrN/c1-7-11-25(12-8-2)26-14-18-28(19-15-26)37(29-20-16-27(36)17-21-29)30-22-23-32-31(10-4)33(13-9-3)35(5,6)34(32)24-30/h7-24H,1,4H2,2-3,5-6H3/b12-8-,13-9-,25-11+. The summed E-state index contributed by atoms with van der Waals surface area (Å²) in [5.74, 6) is 0. The Bertz CT molecular complexity index is 1430. The van der Waals surface area contributed by atoms with Crippen LogP contribution in [0.2, 0.25) is 0 Å². The van der Waals surface area contributed by atoms with Crippen LogP contribution in [0.3, 0.4) is 0 Å². The van der Waals surface area contributed by atoms with Crippen LogP contribution in [0.5, 0.6) is 0 Å². The van der Waals surface area contributed by atoms with E-state index in [9.17, 15) is 0 Å². The minimum atomic E-state index is -0.118. The summed E-state index contributed by atoms with van der Waals surface area (Å²) >= 11 is 3.59. The highest BCUT2D eigenvalue weighted by atomic mass is 79.9. The van der Waals surface area contributed by atoms with E-state index in [1.165, 1.54) is 22.3 Å². The number of halogens is 1. The molecule has 4 rings (SSSR count). The van der Waals surface area contributed by atoms with Crippen molar-refractivity contribution >= 4 is 44.1 Å². The van der Waals surface area contributed by atoms with Gasteiger partial charge in [-0.15, -0.1) is 0 Å². The van der Waals surface area contributed by atoms with Crippen LogP contribution in [0.15, 0.2) is 132 Å². The highest BCUT2D eigenvalue weighted by Gasteiger charge is 2.36. The molecule has 0 spiro atoms. The molecule has 0 radical (unpaired) electrons. The maximum atomic E-state index is 4.13. The van der Waals surface area contributed by atoms with E-state index in [0.717, 1.165) is 32.7 Å². The SMILES string of the molecule is C=C/C=C(\C=C/C)c1ccc(N(c2ccc(Br)cc2)c2ccc3c(c2)C(C)(C)C(/C=C\C)=C3C=C)cc1. The fraction of sp³-hybridized carbons (Fsp3) is 0.143. The first kappa shape index (κ1) is 26.4. The molecule has 3 aromatic rings. The Morgan fingerprint density at radius 2 is 1.46 bits per heavy atom. The van der Waals surface area contributed by atoms with Crippen molar-refractivity contribution in [2.24, 2.45) is 0 Å². The zero-order chi connectivity index (χ0) is 26.6. The third kappa shape index (κ3) is 5.12. The van der Waals surface area contributed by atoms with E-state index in [-0.39, 0.29) is 5.41 Å². The molecule has 0 unspecified atom stereocenters. The third-order valence-corrected chi connectivity index (χ3v) is 7.44. The van der Waals surface area contributed by atoms with Crippen molar-refractivity contribution in [2.75, 3.05) is 4.90 Å². The van der Waals surface area contributed by atoms with Crippen LogP contribution in [0.25, 0.3) is 11.1 Å². The second kappa shape index (κ2) is 11.2. The van der Waals surface area contributed by atoms with Gasteiger partial charge in [-0.1, -0.05) is 104 Å². The van der Waals surface area contributed by atoms with Crippen molar-refractivity contribution in [2.45, 2.75) is 33.1 Å². The fourth-order valence-electron chi connectivity index (χ4n) is 5.13. The molecule has 1 nitrogen and oxygen atoms in total. The minimum absolute atomic E-state index is 0.118. The number of fused-ring (bicyclic) bond motifs is 1. The van der Waals surface area contributed by atoms with Gasteiger partial charge >= 0.3 is 0 Å². The number of anilines is 3. The summed E-state index contributed by atoms with van der Waals surface area (Å²) < 4.78 is 1.06. The average Bonchev–Trinajstić information content (AvgIpc) is 3.11. The van der Waals surface area contributed by atoms with E-state index in [4.69, 9.17) is 0 Å². The summed E-state index contributed by atoms with van der Waals surface area (Å²) in [5, 5.41) is 0. The minimum Gasteiger partial charge on any atom is -0.310 e. The van der Waals surface area contributed by atoms with E-state index in [1.54, 1.807) is 0 Å². The summed E-state index contributed by atoms with van der Waals surface area (Å²) in [4.78, 5) is 2.32. The van der Waals surface area contributed by atoms with Gasteiger partial charge in [-0.05, 0) is 95.8 Å². The number of hydrogen-bond donors (Lipinski definition) is 0. The zero-order valence-electron chi connectivity index (χ0n) is 22.1. The lowest BCUT2D eigenvalue weighted by Gasteiger charge is -2.29. The lowest BCUT2D eigenvalue weighted by atomic mass is 9.80. The molecule has 0 N–H and O–H groups in total. The topological polar surface area (TPSA) is 3.24 Å². The number of rotatable bonds is 8. The van der Waals surface area contributed by atoms with Gasteiger partial charge in [0.1, 0.15) is 0 Å². The monoisotopic (exact) mass is 547 g/mol. The van der Waals surface area contributed by atoms with E-state index >= 15 is 0 Å². The van der Waals surface area contributed by atoms with Crippen LogP contribution in [0, 0.1) is 0 Å². The van der Waals surface area contributed by atoms with Crippen LogP contribution in [-0.2, 0) is 5.41 Å². The average molecular weight is 549 g/mol. The van der Waals surface area contributed by atoms with Crippen molar-refractivity contribution in [3.63, 3.8) is 0 Å². The van der Waals surface area contributed by atoms with Gasteiger partial charge in [0.15, 0.2) is 0 Å². The number of nitrogens with zero attached hydrogens (tertiary/aromatic N) is 1. The molecule has 3 aromatic carbocycles. The summed E-state index contributed by atoms with van der Waals surface area (Å²) in [6.07, 6.45) is 14.4. The van der Waals surface area contributed by atoms with E-state index in [1.807, 2.05) is 25.2 Å². The first-order valence-corrected chi connectivity index (χ1v) is 13.4. The Hall–Kier alpha value is -3.62. The molecule has 0 bridgehead atoms. The first-order chi connectivity index (χ1) is 17.8. The number of benzene rings is 3. The smallest absolute Gasteiger partial charge is 0.0465 e. The third-order valence-electron chi connectivity index (χ3n) is 6.91. The molecule has 0 amide bonds. The first-order valence-electron chi connectivity index (χ1n) is 12.6. The Morgan fingerprint density at radius 3 is 2.03 bits per heavy atom. The van der Waals surface area contributed by atoms with Gasteiger partial charge in [-0.25, -0.2) is 0 Å². The predicted octanol–water partition coefficient (Wildman–Crippen LogP) is 10.9. The van der Waals surface area contributed by atoms with E-state index in [0.29, 0.717) is 0 Å². The van der Waals surface area contributed by atoms with Crippen LogP contribution < -0.4 is 4.90 Å². The van der Waals surface area contributed by atoms with Gasteiger partial charge in [0.25, 0.3) is 0 Å². The molecule has 0 aromatic heterocycles. The van der Waals surface area contributed by atoms with Crippen LogP contribution in [-0.4, -0.2) is 0 Å². The molecule has 186 valence electrons. The van der Waals surface area contributed by atoms with Crippen molar-refractivity contribution in [1.29, 1.82) is 0 Å². The van der Waals surface area contributed by atoms with Gasteiger partial charge in [-0.2, -0.15) is 0 Å². The zero-order valence-corrected chi connectivity index (χ0v) is 23.7. The molecule has 1 aliphatic carbocycles. The van der Waals surface area contributed by atoms with Crippen molar-refractivity contribution in [3.05, 3.63) is 149 Å². The number of hydrogen-bond acceptors (Lipinski definition) is 1. The highest BCUT2D eigenvalue weighted by molar-refractivity contribution is 9.10. The molecule has 2 heteroatoms. The Morgan fingerprint density at radius 1 is 0.838 bits per heavy atom. The van der Waals surface area contributed by atoms with Crippen molar-refractivity contribution in [3.8, 4) is 0 Å². The highest BCUT2D eigenvalue weighted by Crippen LogP contribution is 2.49. The second-order valence-corrected chi connectivity index (χ2v) is 10.5. The molecule has 0 saturated carbocycles. The van der Waals surface area contributed by atoms with Gasteiger partial charge in [0.05, 0.1) is 0 Å². The van der Waals surface area contributed by atoms with Gasteiger partial charge < -0.3 is 4.90 Å². The predicted molar refractivity (Wildman–Crippen MR) is 167 cm³/mol. The van der Waals surface area contributed by atoms with E-state index in [2.05, 4.69) is 146 Å². The molecule has 0 aliphatic heterocycles. The molecule has 1 aliphatic rings. The summed E-state index contributed by atoms with van der Waals surface area (Å²) in [6, 6.07) is 24.0. The lowest BCUT2D eigenvalue weighted by Crippen LogP contribution is -2.17. The number of allylic oxidation sites excluding steroid dienone is 10. The summed E-state index contributed by atoms with van der Waals surface area (Å²) in [6.45, 7) is 16.7. The Labute approximate surface area is 230 Å². The van der Waals surface area contributed by atoms with Crippen LogP contribution in [0.1, 0.15) is 44.4 Å². The van der Waals surface area contributed by atoms with Gasteiger partial charge in [0.2, 0.25) is 0 Å². The molecule has 0 fully saturated rings. The Kier molecular flexibility index (Phi) is 8.00. The second-order valence-electron chi connectivity index (χ2n) is 9.60. The molecule has 0 heterocycles. The molecular weight excluding hydrogens is 514 g/mol. The quantitative estimate of drug-likeness (QED) is 0.253.